The van der Waals surface area contributed by atoms with Gasteiger partial charge in [-0.15, -0.1) is 0 Å². The van der Waals surface area contributed by atoms with Gasteiger partial charge in [-0.1, -0.05) is 12.1 Å². The number of pyridine rings is 1. The van der Waals surface area contributed by atoms with E-state index in [1.54, 1.807) is 0 Å². The summed E-state index contributed by atoms with van der Waals surface area (Å²) in [5.41, 5.74) is 6.30. The lowest BCUT2D eigenvalue weighted by molar-refractivity contribution is 0.202. The van der Waals surface area contributed by atoms with E-state index in [2.05, 4.69) is 64.1 Å². The maximum Gasteiger partial charge on any atom is 0.123 e. The van der Waals surface area contributed by atoms with Gasteiger partial charge >= 0.3 is 0 Å². The summed E-state index contributed by atoms with van der Waals surface area (Å²) in [6, 6.07) is 11.2. The van der Waals surface area contributed by atoms with Crippen molar-refractivity contribution < 1.29 is 0 Å². The van der Waals surface area contributed by atoms with Gasteiger partial charge in [0.15, 0.2) is 0 Å². The van der Waals surface area contributed by atoms with Crippen LogP contribution in [0.5, 0.6) is 0 Å². The normalized spacial score (nSPS) is 19.7. The van der Waals surface area contributed by atoms with Gasteiger partial charge in [-0.25, -0.2) is 4.98 Å². The lowest BCUT2D eigenvalue weighted by atomic mass is 9.91. The van der Waals surface area contributed by atoms with Crippen molar-refractivity contribution in [1.29, 1.82) is 0 Å². The maximum atomic E-state index is 5.02. The lowest BCUT2D eigenvalue weighted by Crippen LogP contribution is -2.43. The van der Waals surface area contributed by atoms with Gasteiger partial charge in [0.25, 0.3) is 0 Å². The van der Waals surface area contributed by atoms with Crippen molar-refractivity contribution in [2.24, 2.45) is 7.05 Å². The average molecular weight is 391 g/mol. The molecular weight excluding hydrogens is 360 g/mol. The standard InChI is InChI=1S/C23H30N6/c1-27(19-9-3-6-17-7-5-11-25-22(17)19)16-21-26-18-8-4-10-20(23(18)28(21)2)29-14-12-24-13-15-29/h4-5,7-8,10-11,19,24H,3,6,9,12-16H2,1-2H3/t19-/m0/s1. The molecule has 0 unspecified atom stereocenters. The van der Waals surface area contributed by atoms with Gasteiger partial charge in [0.2, 0.25) is 0 Å². The van der Waals surface area contributed by atoms with Crippen LogP contribution in [0.15, 0.2) is 36.5 Å². The minimum absolute atomic E-state index is 0.368. The third-order valence-corrected chi connectivity index (χ3v) is 6.51. The van der Waals surface area contributed by atoms with E-state index in [1.165, 1.54) is 28.9 Å². The number of aromatic nitrogens is 3. The Morgan fingerprint density at radius 3 is 2.90 bits per heavy atom. The first-order valence-electron chi connectivity index (χ1n) is 10.8. The molecule has 0 amide bonds. The maximum absolute atomic E-state index is 5.02. The Labute approximate surface area is 172 Å². The molecule has 1 aliphatic heterocycles. The molecule has 1 atom stereocenters. The molecule has 1 N–H and O–H groups in total. The van der Waals surface area contributed by atoms with Crippen molar-refractivity contribution in [3.05, 3.63) is 53.6 Å². The van der Waals surface area contributed by atoms with E-state index >= 15 is 0 Å². The molecule has 0 spiro atoms. The number of para-hydroxylation sites is 1. The van der Waals surface area contributed by atoms with E-state index in [1.807, 2.05) is 6.20 Å². The van der Waals surface area contributed by atoms with Crippen molar-refractivity contribution >= 4 is 16.7 Å². The number of imidazole rings is 1. The van der Waals surface area contributed by atoms with Crippen LogP contribution in [-0.4, -0.2) is 52.7 Å². The van der Waals surface area contributed by atoms with E-state index in [0.29, 0.717) is 6.04 Å². The number of benzene rings is 1. The minimum Gasteiger partial charge on any atom is -0.367 e. The number of rotatable bonds is 4. The van der Waals surface area contributed by atoms with Gasteiger partial charge in [0.05, 0.1) is 35.0 Å². The van der Waals surface area contributed by atoms with E-state index < -0.39 is 0 Å². The summed E-state index contributed by atoms with van der Waals surface area (Å²) < 4.78 is 2.30. The molecule has 6 heteroatoms. The van der Waals surface area contributed by atoms with Crippen molar-refractivity contribution in [2.75, 3.05) is 38.1 Å². The summed E-state index contributed by atoms with van der Waals surface area (Å²) in [6.45, 7) is 5.00. The molecule has 1 saturated heterocycles. The third kappa shape index (κ3) is 3.40. The van der Waals surface area contributed by atoms with Gasteiger partial charge in [-0.3, -0.25) is 9.88 Å². The molecule has 0 bridgehead atoms. The Morgan fingerprint density at radius 1 is 1.17 bits per heavy atom. The highest BCUT2D eigenvalue weighted by atomic mass is 15.2. The average Bonchev–Trinajstić information content (AvgIpc) is 3.09. The second kappa shape index (κ2) is 7.76. The van der Waals surface area contributed by atoms with Crippen LogP contribution in [0, 0.1) is 0 Å². The van der Waals surface area contributed by atoms with E-state index in [4.69, 9.17) is 9.97 Å². The highest BCUT2D eigenvalue weighted by Gasteiger charge is 2.26. The van der Waals surface area contributed by atoms with Crippen LogP contribution in [0.25, 0.3) is 11.0 Å². The zero-order chi connectivity index (χ0) is 19.8. The fraction of sp³-hybridized carbons (Fsp3) is 0.478. The van der Waals surface area contributed by atoms with Crippen LogP contribution in [0.1, 0.15) is 36.0 Å². The number of fused-ring (bicyclic) bond motifs is 2. The van der Waals surface area contributed by atoms with Crippen LogP contribution in [-0.2, 0) is 20.0 Å². The van der Waals surface area contributed by atoms with Gasteiger partial charge in [-0.05, 0) is 50.1 Å². The largest absolute Gasteiger partial charge is 0.367 e. The Bertz CT molecular complexity index is 1000. The molecule has 29 heavy (non-hydrogen) atoms. The summed E-state index contributed by atoms with van der Waals surface area (Å²) in [7, 11) is 4.38. The minimum atomic E-state index is 0.368. The van der Waals surface area contributed by atoms with Crippen LogP contribution in [0.3, 0.4) is 0 Å². The Hall–Kier alpha value is -2.44. The number of hydrogen-bond donors (Lipinski definition) is 1. The molecule has 3 aromatic rings. The van der Waals surface area contributed by atoms with Crippen molar-refractivity contribution in [1.82, 2.24) is 24.8 Å². The molecule has 0 saturated carbocycles. The number of anilines is 1. The number of nitrogens with one attached hydrogen (secondary N) is 1. The molecule has 1 aliphatic carbocycles. The predicted molar refractivity (Wildman–Crippen MR) is 117 cm³/mol. The topological polar surface area (TPSA) is 49.2 Å². The number of aryl methyl sites for hydroxylation is 2. The molecule has 2 aromatic heterocycles. The van der Waals surface area contributed by atoms with E-state index in [-0.39, 0.29) is 0 Å². The van der Waals surface area contributed by atoms with Gasteiger partial charge in [-0.2, -0.15) is 0 Å². The monoisotopic (exact) mass is 390 g/mol. The third-order valence-electron chi connectivity index (χ3n) is 6.51. The Kier molecular flexibility index (Phi) is 4.97. The lowest BCUT2D eigenvalue weighted by Gasteiger charge is -2.32. The van der Waals surface area contributed by atoms with E-state index in [9.17, 15) is 0 Å². The number of piperazine rings is 1. The highest BCUT2D eigenvalue weighted by molar-refractivity contribution is 5.89. The molecule has 1 fully saturated rings. The quantitative estimate of drug-likeness (QED) is 0.742. The Morgan fingerprint density at radius 2 is 2.03 bits per heavy atom. The van der Waals surface area contributed by atoms with Crippen molar-refractivity contribution in [3.8, 4) is 0 Å². The molecule has 1 aromatic carbocycles. The summed E-state index contributed by atoms with van der Waals surface area (Å²) in [6.07, 6.45) is 5.47. The first kappa shape index (κ1) is 18.6. The van der Waals surface area contributed by atoms with Crippen molar-refractivity contribution in [2.45, 2.75) is 31.8 Å². The fourth-order valence-electron chi connectivity index (χ4n) is 4.95. The summed E-state index contributed by atoms with van der Waals surface area (Å²) in [5.74, 6) is 1.12. The van der Waals surface area contributed by atoms with Crippen LogP contribution < -0.4 is 10.2 Å². The highest BCUT2D eigenvalue weighted by Crippen LogP contribution is 2.33. The number of hydrogen-bond acceptors (Lipinski definition) is 5. The molecule has 6 nitrogen and oxygen atoms in total. The SMILES string of the molecule is CN(Cc1nc2cccc(N3CCNCC3)c2n1C)[C@H]1CCCc2cccnc21. The molecular formula is C23H30N6. The first-order valence-corrected chi connectivity index (χ1v) is 10.8. The fourth-order valence-corrected chi connectivity index (χ4v) is 4.95. The smallest absolute Gasteiger partial charge is 0.123 e. The molecule has 0 radical (unpaired) electrons. The Balaban J connectivity index is 1.45. The molecule has 2 aliphatic rings. The summed E-state index contributed by atoms with van der Waals surface area (Å²) in [4.78, 5) is 14.6. The molecule has 152 valence electrons. The predicted octanol–water partition coefficient (Wildman–Crippen LogP) is 2.89. The number of nitrogens with zero attached hydrogens (tertiary/aromatic N) is 5. The zero-order valence-corrected chi connectivity index (χ0v) is 17.4. The van der Waals surface area contributed by atoms with Gasteiger partial charge in [0, 0.05) is 39.4 Å². The van der Waals surface area contributed by atoms with Crippen LogP contribution in [0.4, 0.5) is 5.69 Å². The van der Waals surface area contributed by atoms with Gasteiger partial charge < -0.3 is 14.8 Å². The first-order chi connectivity index (χ1) is 14.2. The molecule has 5 rings (SSSR count). The molecule has 3 heterocycles. The van der Waals surface area contributed by atoms with Gasteiger partial charge in [0.1, 0.15) is 5.82 Å². The second-order valence-corrected chi connectivity index (χ2v) is 8.34. The van der Waals surface area contributed by atoms with Crippen LogP contribution >= 0.6 is 0 Å². The van der Waals surface area contributed by atoms with Crippen molar-refractivity contribution in [3.63, 3.8) is 0 Å². The van der Waals surface area contributed by atoms with Crippen LogP contribution in [0.2, 0.25) is 0 Å². The summed E-state index contributed by atoms with van der Waals surface area (Å²) >= 11 is 0. The second-order valence-electron chi connectivity index (χ2n) is 8.34. The van der Waals surface area contributed by atoms with E-state index in [0.717, 1.165) is 56.9 Å². The zero-order valence-electron chi connectivity index (χ0n) is 17.4. The summed E-state index contributed by atoms with van der Waals surface area (Å²) in [5, 5.41) is 3.45.